The molecule has 0 aliphatic carbocycles. The van der Waals surface area contributed by atoms with Crippen LogP contribution in [0.15, 0.2) is 60.8 Å². The predicted molar refractivity (Wildman–Crippen MR) is 309 cm³/mol. The average molecular weight is 1090 g/mol. The first-order valence-corrected chi connectivity index (χ1v) is 31.0. The predicted octanol–water partition coefficient (Wildman–Crippen LogP) is 10.9. The molecule has 2 aliphatic heterocycles. The van der Waals surface area contributed by atoms with Crippen molar-refractivity contribution in [3.63, 3.8) is 0 Å². The molecule has 12 unspecified atom stereocenters. The molecule has 2 saturated heterocycles. The van der Waals surface area contributed by atoms with Gasteiger partial charge in [-0.3, -0.25) is 4.79 Å². The Hall–Kier alpha value is -2.31. The molecule has 0 aromatic carbocycles. The van der Waals surface area contributed by atoms with Gasteiger partial charge in [-0.25, -0.2) is 0 Å². The number of carbonyl (C=O) groups excluding carboxylic acids is 1. The highest BCUT2D eigenvalue weighted by Gasteiger charge is 2.51. The molecule has 9 N–H and O–H groups in total. The maximum Gasteiger partial charge on any atom is 0.220 e. The van der Waals surface area contributed by atoms with Gasteiger partial charge < -0.3 is 65.1 Å². The molecule has 0 radical (unpaired) electrons. The quantitative estimate of drug-likeness (QED) is 0.0204. The third kappa shape index (κ3) is 33.9. The minimum absolute atomic E-state index is 0.252. The second-order valence-corrected chi connectivity index (χ2v) is 21.8. The summed E-state index contributed by atoms with van der Waals surface area (Å²) in [7, 11) is 0. The fourth-order valence-corrected chi connectivity index (χ4v) is 9.89. The first-order chi connectivity index (χ1) is 37.6. The molecule has 0 aromatic heterocycles. The van der Waals surface area contributed by atoms with Crippen molar-refractivity contribution in [2.45, 2.75) is 312 Å². The van der Waals surface area contributed by atoms with E-state index in [0.717, 1.165) is 57.8 Å². The van der Waals surface area contributed by atoms with E-state index in [1.54, 1.807) is 6.08 Å². The van der Waals surface area contributed by atoms with E-state index in [-0.39, 0.29) is 18.9 Å². The molecule has 0 spiro atoms. The number of rotatable bonds is 49. The smallest absolute Gasteiger partial charge is 0.220 e. The number of nitrogens with one attached hydrogen (secondary N) is 1. The van der Waals surface area contributed by atoms with Gasteiger partial charge in [-0.05, 0) is 64.2 Å². The van der Waals surface area contributed by atoms with E-state index >= 15 is 0 Å². The lowest BCUT2D eigenvalue weighted by atomic mass is 9.97. The summed E-state index contributed by atoms with van der Waals surface area (Å²) in [5.74, 6) is -0.252. The van der Waals surface area contributed by atoms with Crippen LogP contribution in [-0.4, -0.2) is 140 Å². The van der Waals surface area contributed by atoms with E-state index in [2.05, 4.69) is 67.8 Å². The van der Waals surface area contributed by atoms with Gasteiger partial charge in [0.15, 0.2) is 12.6 Å². The van der Waals surface area contributed by atoms with Crippen LogP contribution in [0.5, 0.6) is 0 Å². The third-order valence-corrected chi connectivity index (χ3v) is 14.9. The molecule has 0 bridgehead atoms. The Labute approximate surface area is 466 Å². The van der Waals surface area contributed by atoms with Crippen LogP contribution < -0.4 is 5.32 Å². The van der Waals surface area contributed by atoms with Gasteiger partial charge in [0, 0.05) is 6.42 Å². The summed E-state index contributed by atoms with van der Waals surface area (Å²) in [5, 5.41) is 86.7. The molecular weight excluding hydrogens is 979 g/mol. The minimum Gasteiger partial charge on any atom is -0.394 e. The van der Waals surface area contributed by atoms with E-state index in [1.807, 2.05) is 6.08 Å². The number of aliphatic hydroxyl groups excluding tert-OH is 8. The second kappa shape index (κ2) is 48.4. The van der Waals surface area contributed by atoms with Crippen molar-refractivity contribution in [2.24, 2.45) is 0 Å². The molecule has 2 heterocycles. The minimum atomic E-state index is -1.79. The fourth-order valence-electron chi connectivity index (χ4n) is 9.89. The molecular formula is C63H113NO13. The zero-order valence-electron chi connectivity index (χ0n) is 48.2. The Bertz CT molecular complexity index is 1520. The van der Waals surface area contributed by atoms with E-state index in [4.69, 9.17) is 18.9 Å². The van der Waals surface area contributed by atoms with Crippen molar-refractivity contribution >= 4 is 5.91 Å². The monoisotopic (exact) mass is 1090 g/mol. The van der Waals surface area contributed by atoms with Gasteiger partial charge in [0.25, 0.3) is 0 Å². The highest BCUT2D eigenvalue weighted by molar-refractivity contribution is 5.76. The zero-order valence-corrected chi connectivity index (χ0v) is 48.2. The molecule has 0 saturated carbocycles. The molecule has 77 heavy (non-hydrogen) atoms. The molecule has 12 atom stereocenters. The van der Waals surface area contributed by atoms with Crippen molar-refractivity contribution in [1.82, 2.24) is 5.32 Å². The van der Waals surface area contributed by atoms with Crippen LogP contribution in [0.25, 0.3) is 0 Å². The van der Waals surface area contributed by atoms with E-state index in [1.165, 1.54) is 148 Å². The van der Waals surface area contributed by atoms with Gasteiger partial charge in [-0.2, -0.15) is 0 Å². The van der Waals surface area contributed by atoms with Crippen LogP contribution in [-0.2, 0) is 23.7 Å². The molecule has 2 rings (SSSR count). The maximum atomic E-state index is 13.2. The Kier molecular flexibility index (Phi) is 44.5. The van der Waals surface area contributed by atoms with Crippen LogP contribution >= 0.6 is 0 Å². The molecule has 0 aromatic rings. The number of unbranched alkanes of at least 4 members (excludes halogenated alkanes) is 28. The molecule has 448 valence electrons. The molecule has 14 nitrogen and oxygen atoms in total. The topological polar surface area (TPSA) is 228 Å². The summed E-state index contributed by atoms with van der Waals surface area (Å²) in [4.78, 5) is 13.2. The van der Waals surface area contributed by atoms with Gasteiger partial charge in [0.1, 0.15) is 48.8 Å². The fraction of sp³-hybridized carbons (Fsp3) is 0.825. The summed E-state index contributed by atoms with van der Waals surface area (Å²) in [6.07, 6.45) is 46.1. The standard InChI is InChI=1S/C63H113NO13/c1-3-5-7-9-11-13-14-15-16-17-18-19-20-21-22-23-24-25-26-27-28-29-30-31-32-33-34-35-36-37-38-39-41-43-45-47-55(68)64-51(52(67)46-44-42-40-12-10-8-6-4-2)50-74-62-60(73)58(71)61(54(49-66)76-62)77-63-59(72)57(70)56(69)53(48-65)75-63/h10,12,14-15,17-18,20-21,44,46,51-54,56-63,65-67,69-73H,3-9,11,13,16,19,22-43,45,47-50H2,1-2H3,(H,64,68)/b12-10+,15-14-,18-17-,21-20-,46-44+. The summed E-state index contributed by atoms with van der Waals surface area (Å²) in [5.41, 5.74) is 0. The van der Waals surface area contributed by atoms with Crippen LogP contribution in [0.2, 0.25) is 0 Å². The SMILES string of the molecule is CCCC/C=C/CC/C=C/C(O)C(COC1OC(CO)C(OC2OC(CO)C(O)C(O)C2O)C(O)C1O)NC(=O)CCCCCCCCCCCCCCCCCCCCCC/C=C\C/C=C\C/C=C\CCCCCCC. The van der Waals surface area contributed by atoms with Crippen molar-refractivity contribution in [1.29, 1.82) is 0 Å². The normalized spacial score (nSPS) is 25.1. The summed E-state index contributed by atoms with van der Waals surface area (Å²) < 4.78 is 22.7. The van der Waals surface area contributed by atoms with Gasteiger partial charge in [-0.15, -0.1) is 0 Å². The maximum absolute atomic E-state index is 13.2. The summed E-state index contributed by atoms with van der Waals surface area (Å²) >= 11 is 0. The van der Waals surface area contributed by atoms with Crippen molar-refractivity contribution in [2.75, 3.05) is 19.8 Å². The van der Waals surface area contributed by atoms with Crippen molar-refractivity contribution < 1.29 is 64.6 Å². The van der Waals surface area contributed by atoms with Gasteiger partial charge in [-0.1, -0.05) is 229 Å². The Balaban J connectivity index is 1.56. The van der Waals surface area contributed by atoms with Gasteiger partial charge in [0.2, 0.25) is 5.91 Å². The molecule has 1 amide bonds. The Morgan fingerprint density at radius 2 is 0.883 bits per heavy atom. The number of hydrogen-bond acceptors (Lipinski definition) is 13. The molecule has 14 heteroatoms. The van der Waals surface area contributed by atoms with E-state index < -0.39 is 86.8 Å². The average Bonchev–Trinajstić information content (AvgIpc) is 3.44. The number of allylic oxidation sites excluding steroid dienone is 9. The first-order valence-electron chi connectivity index (χ1n) is 31.0. The van der Waals surface area contributed by atoms with Gasteiger partial charge in [0.05, 0.1) is 32.0 Å². The van der Waals surface area contributed by atoms with Crippen LogP contribution in [0.3, 0.4) is 0 Å². The largest absolute Gasteiger partial charge is 0.394 e. The zero-order chi connectivity index (χ0) is 56.0. The Morgan fingerprint density at radius 3 is 1.40 bits per heavy atom. The third-order valence-electron chi connectivity index (χ3n) is 14.9. The molecule has 2 aliphatic rings. The number of carbonyl (C=O) groups is 1. The van der Waals surface area contributed by atoms with Crippen LogP contribution in [0.4, 0.5) is 0 Å². The van der Waals surface area contributed by atoms with Crippen molar-refractivity contribution in [3.8, 4) is 0 Å². The summed E-state index contributed by atoms with van der Waals surface area (Å²) in [6.45, 7) is 2.68. The highest BCUT2D eigenvalue weighted by atomic mass is 16.7. The lowest BCUT2D eigenvalue weighted by molar-refractivity contribution is -0.359. The number of ether oxygens (including phenoxy) is 4. The first kappa shape index (κ1) is 70.8. The van der Waals surface area contributed by atoms with E-state index in [9.17, 15) is 45.6 Å². The number of hydrogen-bond donors (Lipinski definition) is 9. The van der Waals surface area contributed by atoms with Crippen LogP contribution in [0, 0.1) is 0 Å². The second-order valence-electron chi connectivity index (χ2n) is 21.8. The lowest BCUT2D eigenvalue weighted by Gasteiger charge is -2.46. The van der Waals surface area contributed by atoms with E-state index in [0.29, 0.717) is 12.8 Å². The van der Waals surface area contributed by atoms with Gasteiger partial charge >= 0.3 is 0 Å². The number of aliphatic hydroxyl groups is 8. The molecule has 2 fully saturated rings. The summed E-state index contributed by atoms with van der Waals surface area (Å²) in [6, 6.07) is -0.929. The van der Waals surface area contributed by atoms with Crippen LogP contribution in [0.1, 0.15) is 239 Å². The highest BCUT2D eigenvalue weighted by Crippen LogP contribution is 2.30. The lowest BCUT2D eigenvalue weighted by Crippen LogP contribution is -2.65. The Morgan fingerprint density at radius 1 is 0.468 bits per heavy atom. The number of amides is 1. The van der Waals surface area contributed by atoms with Crippen molar-refractivity contribution in [3.05, 3.63) is 60.8 Å².